The first-order chi connectivity index (χ1) is 8.31. The van der Waals surface area contributed by atoms with E-state index in [1.165, 1.54) is 0 Å². The topological polar surface area (TPSA) is 70.7 Å². The molecule has 3 N–H and O–H groups in total. The van der Waals surface area contributed by atoms with E-state index < -0.39 is 0 Å². The molecule has 6 heteroatoms. The molecule has 0 saturated carbocycles. The smallest absolute Gasteiger partial charge is 0.257 e. The van der Waals surface area contributed by atoms with Crippen LogP contribution in [0.4, 0.5) is 5.69 Å². The van der Waals surface area contributed by atoms with E-state index in [1.807, 2.05) is 23.1 Å². The van der Waals surface area contributed by atoms with Gasteiger partial charge in [0.05, 0.1) is 17.1 Å². The third kappa shape index (κ3) is 1.60. The summed E-state index contributed by atoms with van der Waals surface area (Å²) in [5, 5.41) is 0. The summed E-state index contributed by atoms with van der Waals surface area (Å²) in [6, 6.07) is 7.32. The number of rotatable bonds is 0. The monoisotopic (exact) mass is 248 g/mol. The van der Waals surface area contributed by atoms with Gasteiger partial charge in [-0.3, -0.25) is 4.79 Å². The number of nitrogens with zero attached hydrogens (tertiary/aromatic N) is 2. The number of nitrogens with one attached hydrogen (secondary N) is 1. The molecule has 1 atom stereocenters. The molecule has 1 fully saturated rings. The van der Waals surface area contributed by atoms with Gasteiger partial charge in [-0.25, -0.2) is 10.8 Å². The van der Waals surface area contributed by atoms with Crippen molar-refractivity contribution in [2.24, 2.45) is 10.8 Å². The van der Waals surface area contributed by atoms with Crippen LogP contribution in [0.2, 0.25) is 0 Å². The average Bonchev–Trinajstić information content (AvgIpc) is 2.81. The normalized spacial score (nSPS) is 22.6. The number of hydrazine groups is 1. The zero-order valence-electron chi connectivity index (χ0n) is 9.09. The standard InChI is InChI=1S/C11H12N4OS/c12-14-10-9-5-17-6-15(9)11(16)7-3-1-2-4-8(7)13-10/h1-4,9H,5-6,12H2,(H,13,14)/t9-/m0/s1. The summed E-state index contributed by atoms with van der Waals surface area (Å²) in [7, 11) is 0. The lowest BCUT2D eigenvalue weighted by Gasteiger charge is -2.22. The van der Waals surface area contributed by atoms with Gasteiger partial charge in [0, 0.05) is 5.75 Å². The largest absolute Gasteiger partial charge is 0.318 e. The molecular weight excluding hydrogens is 236 g/mol. The van der Waals surface area contributed by atoms with Crippen molar-refractivity contribution in [3.8, 4) is 0 Å². The number of thioether (sulfide) groups is 1. The predicted octanol–water partition coefficient (Wildman–Crippen LogP) is 0.709. The number of hydrogen-bond acceptors (Lipinski definition) is 5. The molecule has 0 aromatic heterocycles. The summed E-state index contributed by atoms with van der Waals surface area (Å²) >= 11 is 1.71. The summed E-state index contributed by atoms with van der Waals surface area (Å²) < 4.78 is 0. The molecule has 17 heavy (non-hydrogen) atoms. The van der Waals surface area contributed by atoms with Gasteiger partial charge < -0.3 is 10.3 Å². The van der Waals surface area contributed by atoms with Crippen molar-refractivity contribution >= 4 is 29.2 Å². The van der Waals surface area contributed by atoms with Gasteiger partial charge in [-0.1, -0.05) is 12.1 Å². The first-order valence-electron chi connectivity index (χ1n) is 5.34. The molecule has 0 radical (unpaired) electrons. The maximum absolute atomic E-state index is 12.4. The fraction of sp³-hybridized carbons (Fsp3) is 0.273. The van der Waals surface area contributed by atoms with Gasteiger partial charge in [0.25, 0.3) is 5.91 Å². The van der Waals surface area contributed by atoms with Gasteiger partial charge in [-0.05, 0) is 12.1 Å². The molecule has 0 unspecified atom stereocenters. The Bertz CT molecular complexity index is 502. The lowest BCUT2D eigenvalue weighted by Crippen LogP contribution is -2.48. The Morgan fingerprint density at radius 3 is 3.12 bits per heavy atom. The second kappa shape index (κ2) is 4.05. The number of benzene rings is 1. The van der Waals surface area contributed by atoms with E-state index in [0.717, 1.165) is 5.75 Å². The summed E-state index contributed by atoms with van der Waals surface area (Å²) in [4.78, 5) is 18.6. The van der Waals surface area contributed by atoms with Gasteiger partial charge in [0.1, 0.15) is 11.9 Å². The first-order valence-corrected chi connectivity index (χ1v) is 6.49. The molecule has 1 aromatic carbocycles. The zero-order valence-corrected chi connectivity index (χ0v) is 9.91. The lowest BCUT2D eigenvalue weighted by molar-refractivity contribution is 0.0782. The third-order valence-electron chi connectivity index (χ3n) is 2.98. The number of fused-ring (bicyclic) bond motifs is 2. The molecule has 0 aliphatic carbocycles. The second-order valence-electron chi connectivity index (χ2n) is 3.95. The molecule has 88 valence electrons. The van der Waals surface area contributed by atoms with Crippen molar-refractivity contribution in [2.45, 2.75) is 6.04 Å². The summed E-state index contributed by atoms with van der Waals surface area (Å²) in [6.07, 6.45) is 0. The van der Waals surface area contributed by atoms with E-state index in [-0.39, 0.29) is 11.9 Å². The minimum Gasteiger partial charge on any atom is -0.318 e. The van der Waals surface area contributed by atoms with Crippen LogP contribution in [-0.4, -0.2) is 34.3 Å². The van der Waals surface area contributed by atoms with Gasteiger partial charge >= 0.3 is 0 Å². The van der Waals surface area contributed by atoms with Gasteiger partial charge in [0.15, 0.2) is 0 Å². The Hall–Kier alpha value is -1.53. The maximum atomic E-state index is 12.4. The van der Waals surface area contributed by atoms with Crippen LogP contribution in [0.5, 0.6) is 0 Å². The molecule has 2 heterocycles. The number of carbonyl (C=O) groups excluding carboxylic acids is 1. The van der Waals surface area contributed by atoms with Crippen molar-refractivity contribution in [1.82, 2.24) is 10.3 Å². The van der Waals surface area contributed by atoms with E-state index in [0.29, 0.717) is 23.0 Å². The predicted molar refractivity (Wildman–Crippen MR) is 68.1 cm³/mol. The van der Waals surface area contributed by atoms with E-state index in [4.69, 9.17) is 5.84 Å². The van der Waals surface area contributed by atoms with Crippen LogP contribution in [0.25, 0.3) is 0 Å². The first kappa shape index (κ1) is 10.6. The number of amides is 1. The number of hydrogen-bond donors (Lipinski definition) is 2. The molecule has 1 saturated heterocycles. The van der Waals surface area contributed by atoms with Crippen molar-refractivity contribution < 1.29 is 4.79 Å². The molecule has 0 spiro atoms. The van der Waals surface area contributed by atoms with Crippen LogP contribution in [0.1, 0.15) is 10.4 Å². The highest BCUT2D eigenvalue weighted by Gasteiger charge is 2.36. The second-order valence-corrected chi connectivity index (χ2v) is 4.95. The molecule has 2 aliphatic rings. The Balaban J connectivity index is 2.15. The Kier molecular flexibility index (Phi) is 2.53. The summed E-state index contributed by atoms with van der Waals surface area (Å²) in [5.74, 6) is 7.72. The fourth-order valence-electron chi connectivity index (χ4n) is 2.11. The average molecular weight is 248 g/mol. The fourth-order valence-corrected chi connectivity index (χ4v) is 3.27. The Morgan fingerprint density at radius 2 is 2.29 bits per heavy atom. The number of nitrogens with two attached hydrogens (primary N) is 1. The minimum atomic E-state index is -0.0371. The maximum Gasteiger partial charge on any atom is 0.257 e. The summed E-state index contributed by atoms with van der Waals surface area (Å²) in [5.41, 5.74) is 3.95. The van der Waals surface area contributed by atoms with Crippen LogP contribution in [0.15, 0.2) is 29.3 Å². The van der Waals surface area contributed by atoms with E-state index in [2.05, 4.69) is 10.4 Å². The highest BCUT2D eigenvalue weighted by atomic mass is 32.2. The van der Waals surface area contributed by atoms with Gasteiger partial charge in [-0.2, -0.15) is 0 Å². The number of aliphatic imine (C=N–C) groups is 1. The molecule has 0 bridgehead atoms. The zero-order chi connectivity index (χ0) is 11.8. The van der Waals surface area contributed by atoms with Crippen LogP contribution in [0.3, 0.4) is 0 Å². The lowest BCUT2D eigenvalue weighted by atomic mass is 10.1. The van der Waals surface area contributed by atoms with Crippen LogP contribution < -0.4 is 11.3 Å². The van der Waals surface area contributed by atoms with E-state index >= 15 is 0 Å². The molecular formula is C11H12N4OS. The molecule has 1 amide bonds. The van der Waals surface area contributed by atoms with Crippen molar-refractivity contribution in [1.29, 1.82) is 0 Å². The highest BCUT2D eigenvalue weighted by Crippen LogP contribution is 2.31. The van der Waals surface area contributed by atoms with E-state index in [9.17, 15) is 4.79 Å². The summed E-state index contributed by atoms with van der Waals surface area (Å²) in [6.45, 7) is 0. The van der Waals surface area contributed by atoms with Crippen LogP contribution in [0, 0.1) is 0 Å². The third-order valence-corrected chi connectivity index (χ3v) is 3.99. The number of carbonyl (C=O) groups is 1. The van der Waals surface area contributed by atoms with Crippen molar-refractivity contribution in [3.05, 3.63) is 29.8 Å². The Labute approximate surface area is 103 Å². The number of amidine groups is 1. The van der Waals surface area contributed by atoms with Crippen LogP contribution in [-0.2, 0) is 0 Å². The molecule has 1 aromatic rings. The van der Waals surface area contributed by atoms with Gasteiger partial charge in [0.2, 0.25) is 0 Å². The SMILES string of the molecule is NNC1=Nc2ccccc2C(=O)N2CSC[C@@H]12. The minimum absolute atomic E-state index is 0.0320. The van der Waals surface area contributed by atoms with E-state index in [1.54, 1.807) is 17.8 Å². The molecule has 3 rings (SSSR count). The van der Waals surface area contributed by atoms with Crippen molar-refractivity contribution in [3.63, 3.8) is 0 Å². The van der Waals surface area contributed by atoms with Crippen molar-refractivity contribution in [2.75, 3.05) is 11.6 Å². The highest BCUT2D eigenvalue weighted by molar-refractivity contribution is 7.99. The Morgan fingerprint density at radius 1 is 1.47 bits per heavy atom. The molecule has 2 aliphatic heterocycles. The number of para-hydroxylation sites is 1. The quantitative estimate of drug-likeness (QED) is 0.524. The van der Waals surface area contributed by atoms with Gasteiger partial charge in [-0.15, -0.1) is 11.8 Å². The van der Waals surface area contributed by atoms with Crippen LogP contribution >= 0.6 is 11.8 Å². The molecule has 5 nitrogen and oxygen atoms in total.